The van der Waals surface area contributed by atoms with Gasteiger partial charge in [0.25, 0.3) is 0 Å². The topological polar surface area (TPSA) is 39.2 Å². The van der Waals surface area contributed by atoms with Crippen molar-refractivity contribution in [1.82, 2.24) is 0 Å². The van der Waals surface area contributed by atoms with Crippen molar-refractivity contribution in [3.63, 3.8) is 0 Å². The van der Waals surface area contributed by atoms with Gasteiger partial charge in [0.15, 0.2) is 4.67 Å². The third kappa shape index (κ3) is 2.61. The lowest BCUT2D eigenvalue weighted by Crippen LogP contribution is -2.20. The summed E-state index contributed by atoms with van der Waals surface area (Å²) < 4.78 is 7.06. The van der Waals surface area contributed by atoms with E-state index in [1.165, 1.54) is 0 Å². The van der Waals surface area contributed by atoms with Crippen LogP contribution in [0.2, 0.25) is 0 Å². The van der Waals surface area contributed by atoms with Gasteiger partial charge in [-0.05, 0) is 44.3 Å². The maximum atomic E-state index is 5.77. The molecule has 2 nitrogen and oxygen atoms in total. The zero-order valence-electron chi connectivity index (χ0n) is 6.81. The van der Waals surface area contributed by atoms with Crippen molar-refractivity contribution >= 4 is 31.9 Å². The highest BCUT2D eigenvalue weighted by Crippen LogP contribution is 2.27. The Morgan fingerprint density at radius 1 is 1.58 bits per heavy atom. The van der Waals surface area contributed by atoms with Crippen LogP contribution in [0.5, 0.6) is 0 Å². The normalized spacial score (nSPS) is 13.3. The van der Waals surface area contributed by atoms with Gasteiger partial charge in [-0.2, -0.15) is 0 Å². The van der Waals surface area contributed by atoms with Gasteiger partial charge >= 0.3 is 0 Å². The van der Waals surface area contributed by atoms with Crippen LogP contribution in [-0.2, 0) is 6.42 Å². The molecule has 0 aliphatic rings. The fourth-order valence-electron chi connectivity index (χ4n) is 0.895. The van der Waals surface area contributed by atoms with E-state index in [2.05, 4.69) is 38.8 Å². The Balaban J connectivity index is 2.64. The molecule has 0 fully saturated rings. The number of hydrogen-bond acceptors (Lipinski definition) is 2. The molecule has 2 N–H and O–H groups in total. The second-order valence-electron chi connectivity index (χ2n) is 2.71. The second-order valence-corrected chi connectivity index (χ2v) is 4.28. The van der Waals surface area contributed by atoms with E-state index in [-0.39, 0.29) is 6.04 Å². The van der Waals surface area contributed by atoms with Crippen molar-refractivity contribution in [1.29, 1.82) is 0 Å². The first kappa shape index (κ1) is 10.3. The van der Waals surface area contributed by atoms with Gasteiger partial charge in [0, 0.05) is 12.5 Å². The highest BCUT2D eigenvalue weighted by Gasteiger charge is 2.08. The minimum Gasteiger partial charge on any atom is -0.453 e. The predicted molar refractivity (Wildman–Crippen MR) is 56.1 cm³/mol. The van der Waals surface area contributed by atoms with Crippen molar-refractivity contribution in [2.75, 3.05) is 0 Å². The number of nitrogens with two attached hydrogens (primary N) is 1. The summed E-state index contributed by atoms with van der Waals surface area (Å²) in [6, 6.07) is 2.13. The molecule has 0 amide bonds. The summed E-state index contributed by atoms with van der Waals surface area (Å²) in [7, 11) is 0. The van der Waals surface area contributed by atoms with Gasteiger partial charge in [0.05, 0.1) is 4.47 Å². The summed E-state index contributed by atoms with van der Waals surface area (Å²) in [5, 5.41) is 0. The van der Waals surface area contributed by atoms with Gasteiger partial charge in [0.2, 0.25) is 0 Å². The maximum absolute atomic E-state index is 5.77. The largest absolute Gasteiger partial charge is 0.453 e. The van der Waals surface area contributed by atoms with Crippen molar-refractivity contribution in [3.8, 4) is 0 Å². The quantitative estimate of drug-likeness (QED) is 0.931. The van der Waals surface area contributed by atoms with Crippen LogP contribution in [0.4, 0.5) is 0 Å². The Morgan fingerprint density at radius 2 is 2.25 bits per heavy atom. The lowest BCUT2D eigenvalue weighted by atomic mass is 10.1. The number of furan rings is 1. The average molecular weight is 297 g/mol. The average Bonchev–Trinajstić information content (AvgIpc) is 2.31. The summed E-state index contributed by atoms with van der Waals surface area (Å²) in [5.74, 6) is 0.920. The minimum absolute atomic E-state index is 0.190. The highest BCUT2D eigenvalue weighted by molar-refractivity contribution is 9.13. The molecule has 12 heavy (non-hydrogen) atoms. The van der Waals surface area contributed by atoms with Crippen molar-refractivity contribution in [2.24, 2.45) is 5.73 Å². The van der Waals surface area contributed by atoms with Crippen molar-refractivity contribution in [3.05, 3.63) is 21.0 Å². The van der Waals surface area contributed by atoms with E-state index in [0.717, 1.165) is 27.7 Å². The van der Waals surface area contributed by atoms with Gasteiger partial charge in [-0.3, -0.25) is 0 Å². The molecule has 0 aromatic carbocycles. The molecule has 0 saturated carbocycles. The Bertz CT molecular complexity index is 240. The van der Waals surface area contributed by atoms with Crippen molar-refractivity contribution in [2.45, 2.75) is 25.8 Å². The molecule has 68 valence electrons. The lowest BCUT2D eigenvalue weighted by Gasteiger charge is -2.04. The van der Waals surface area contributed by atoms with Crippen LogP contribution in [0.1, 0.15) is 19.1 Å². The molecule has 0 aliphatic carbocycles. The van der Waals surface area contributed by atoms with Crippen molar-refractivity contribution < 1.29 is 4.42 Å². The van der Waals surface area contributed by atoms with E-state index in [9.17, 15) is 0 Å². The summed E-state index contributed by atoms with van der Waals surface area (Å²) >= 11 is 6.62. The Hall–Kier alpha value is 0.200. The first-order chi connectivity index (χ1) is 5.63. The molecule has 1 atom stereocenters. The standard InChI is InChI=1S/C8H11Br2NO/c1-2-5(11)3-6-4-7(9)8(10)12-6/h4-5H,2-3,11H2,1H3. The Morgan fingerprint density at radius 3 is 2.67 bits per heavy atom. The van der Waals surface area contributed by atoms with Gasteiger partial charge in [-0.15, -0.1) is 0 Å². The van der Waals surface area contributed by atoms with E-state index in [4.69, 9.17) is 10.2 Å². The number of halogens is 2. The van der Waals surface area contributed by atoms with Crippen LogP contribution in [0.15, 0.2) is 19.6 Å². The number of hydrogen-bond donors (Lipinski definition) is 1. The van der Waals surface area contributed by atoms with E-state index in [0.29, 0.717) is 0 Å². The Kier molecular flexibility index (Phi) is 3.80. The Labute approximate surface area is 88.8 Å². The van der Waals surface area contributed by atoms with Gasteiger partial charge in [0.1, 0.15) is 5.76 Å². The molecule has 0 bridgehead atoms. The lowest BCUT2D eigenvalue weighted by molar-refractivity contribution is 0.462. The molecular weight excluding hydrogens is 286 g/mol. The zero-order chi connectivity index (χ0) is 9.14. The molecule has 1 rings (SSSR count). The fourth-order valence-corrected chi connectivity index (χ4v) is 1.55. The van der Waals surface area contributed by atoms with E-state index in [1.807, 2.05) is 6.07 Å². The summed E-state index contributed by atoms with van der Waals surface area (Å²) in [6.45, 7) is 2.07. The molecule has 0 radical (unpaired) electrons. The first-order valence-corrected chi connectivity index (χ1v) is 5.41. The van der Waals surface area contributed by atoms with E-state index >= 15 is 0 Å². The second kappa shape index (κ2) is 4.44. The SMILES string of the molecule is CCC(N)Cc1cc(Br)c(Br)o1. The highest BCUT2D eigenvalue weighted by atomic mass is 79.9. The van der Waals surface area contributed by atoms with Gasteiger partial charge in [-0.25, -0.2) is 0 Å². The van der Waals surface area contributed by atoms with Gasteiger partial charge < -0.3 is 10.2 Å². The summed E-state index contributed by atoms with van der Waals surface area (Å²) in [4.78, 5) is 0. The molecule has 0 saturated heterocycles. The van der Waals surface area contributed by atoms with Crippen LogP contribution in [0, 0.1) is 0 Å². The molecule has 1 unspecified atom stereocenters. The van der Waals surface area contributed by atoms with Crippen LogP contribution in [0.3, 0.4) is 0 Å². The molecule has 0 aliphatic heterocycles. The van der Waals surface area contributed by atoms with Crippen LogP contribution in [0.25, 0.3) is 0 Å². The van der Waals surface area contributed by atoms with Crippen LogP contribution < -0.4 is 5.73 Å². The maximum Gasteiger partial charge on any atom is 0.183 e. The molecule has 1 heterocycles. The smallest absolute Gasteiger partial charge is 0.183 e. The predicted octanol–water partition coefficient (Wildman–Crippen LogP) is 3.08. The molecule has 1 aromatic heterocycles. The van der Waals surface area contributed by atoms with E-state index in [1.54, 1.807) is 0 Å². The fraction of sp³-hybridized carbons (Fsp3) is 0.500. The summed E-state index contributed by atoms with van der Waals surface area (Å²) in [5.41, 5.74) is 5.77. The molecular formula is C8H11Br2NO. The minimum atomic E-state index is 0.190. The van der Waals surface area contributed by atoms with Gasteiger partial charge in [-0.1, -0.05) is 6.92 Å². The van der Waals surface area contributed by atoms with Crippen LogP contribution >= 0.6 is 31.9 Å². The third-order valence-corrected chi connectivity index (χ3v) is 3.39. The van der Waals surface area contributed by atoms with E-state index < -0.39 is 0 Å². The first-order valence-electron chi connectivity index (χ1n) is 3.82. The zero-order valence-corrected chi connectivity index (χ0v) is 9.98. The third-order valence-electron chi connectivity index (χ3n) is 1.68. The van der Waals surface area contributed by atoms with Crippen LogP contribution in [-0.4, -0.2) is 6.04 Å². The molecule has 4 heteroatoms. The molecule has 0 spiro atoms. The number of rotatable bonds is 3. The summed E-state index contributed by atoms with van der Waals surface area (Å²) in [6.07, 6.45) is 1.76. The monoisotopic (exact) mass is 295 g/mol. The molecule has 1 aromatic rings.